The summed E-state index contributed by atoms with van der Waals surface area (Å²) in [6.45, 7) is 7.70. The lowest BCUT2D eigenvalue weighted by Crippen LogP contribution is -2.46. The van der Waals surface area contributed by atoms with Gasteiger partial charge in [-0.25, -0.2) is 9.97 Å². The quantitative estimate of drug-likeness (QED) is 0.401. The van der Waals surface area contributed by atoms with Crippen molar-refractivity contribution in [2.24, 2.45) is 0 Å². The van der Waals surface area contributed by atoms with E-state index in [1.807, 2.05) is 64.4 Å². The summed E-state index contributed by atoms with van der Waals surface area (Å²) in [5.74, 6) is -1.96. The van der Waals surface area contributed by atoms with Gasteiger partial charge >= 0.3 is 0 Å². The van der Waals surface area contributed by atoms with Crippen molar-refractivity contribution in [2.75, 3.05) is 6.61 Å². The van der Waals surface area contributed by atoms with E-state index in [0.717, 1.165) is 33.2 Å². The zero-order chi connectivity index (χ0) is 24.4. The Morgan fingerprint density at radius 1 is 0.857 bits per heavy atom. The van der Waals surface area contributed by atoms with Crippen molar-refractivity contribution in [2.45, 2.75) is 69.6 Å². The molecule has 0 spiro atoms. The number of aliphatic hydroxyl groups is 1. The van der Waals surface area contributed by atoms with Gasteiger partial charge in [-0.05, 0) is 63.1 Å². The Bertz CT molecular complexity index is 1290. The summed E-state index contributed by atoms with van der Waals surface area (Å²) in [6, 6.07) is 7.91. The van der Waals surface area contributed by atoms with E-state index >= 15 is 0 Å². The molecule has 4 aromatic heterocycles. The van der Waals surface area contributed by atoms with Crippen LogP contribution in [0.5, 0.6) is 0 Å². The SMILES string of the molecule is CC1(C)O[C@@H]([C@H](O)[C@H]2COC(C)(C)O2)[C@@H](C(c2c[nH]c3ncccc23)c2c[nH]c3ncccc23)O1. The number of rotatable bonds is 5. The van der Waals surface area contributed by atoms with Gasteiger partial charge in [0.15, 0.2) is 11.6 Å². The minimum absolute atomic E-state index is 0.278. The molecule has 6 heterocycles. The van der Waals surface area contributed by atoms with E-state index < -0.39 is 36.0 Å². The molecular formula is C26H30N4O5. The molecule has 3 N–H and O–H groups in total. The molecule has 0 aliphatic carbocycles. The number of pyridine rings is 2. The van der Waals surface area contributed by atoms with Crippen molar-refractivity contribution < 1.29 is 24.1 Å². The predicted octanol–water partition coefficient (Wildman–Crippen LogP) is 3.60. The highest BCUT2D eigenvalue weighted by Gasteiger charge is 2.53. The first-order valence-corrected chi connectivity index (χ1v) is 11.9. The zero-order valence-electron chi connectivity index (χ0n) is 20.2. The number of hydrogen-bond acceptors (Lipinski definition) is 7. The topological polar surface area (TPSA) is 115 Å². The molecular weight excluding hydrogens is 448 g/mol. The van der Waals surface area contributed by atoms with Crippen molar-refractivity contribution in [3.63, 3.8) is 0 Å². The third kappa shape index (κ3) is 3.93. The minimum atomic E-state index is -0.960. The Morgan fingerprint density at radius 2 is 1.43 bits per heavy atom. The molecule has 35 heavy (non-hydrogen) atoms. The molecule has 2 aliphatic rings. The number of hydrogen-bond donors (Lipinski definition) is 3. The van der Waals surface area contributed by atoms with Crippen LogP contribution in [0.4, 0.5) is 0 Å². The van der Waals surface area contributed by atoms with Gasteiger partial charge in [-0.15, -0.1) is 0 Å². The van der Waals surface area contributed by atoms with E-state index in [9.17, 15) is 5.11 Å². The third-order valence-corrected chi connectivity index (χ3v) is 6.88. The van der Waals surface area contributed by atoms with Crippen molar-refractivity contribution in [3.8, 4) is 0 Å². The van der Waals surface area contributed by atoms with E-state index in [-0.39, 0.29) is 12.5 Å². The lowest BCUT2D eigenvalue weighted by molar-refractivity contribution is -0.178. The maximum absolute atomic E-state index is 11.5. The van der Waals surface area contributed by atoms with Crippen LogP contribution in [-0.4, -0.2) is 67.6 Å². The molecule has 4 atom stereocenters. The number of nitrogens with one attached hydrogen (secondary N) is 2. The fraction of sp³-hybridized carbons (Fsp3) is 0.462. The number of aromatic nitrogens is 4. The molecule has 0 aromatic carbocycles. The van der Waals surface area contributed by atoms with Crippen LogP contribution in [0, 0.1) is 0 Å². The van der Waals surface area contributed by atoms with Gasteiger partial charge in [-0.1, -0.05) is 0 Å². The Hall–Kier alpha value is -2.82. The first-order valence-electron chi connectivity index (χ1n) is 11.9. The molecule has 4 aromatic rings. The zero-order valence-corrected chi connectivity index (χ0v) is 20.2. The smallest absolute Gasteiger partial charge is 0.163 e. The summed E-state index contributed by atoms with van der Waals surface area (Å²) in [4.78, 5) is 15.5. The predicted molar refractivity (Wildman–Crippen MR) is 129 cm³/mol. The Labute approximate surface area is 202 Å². The lowest BCUT2D eigenvalue weighted by atomic mass is 9.82. The molecule has 0 amide bonds. The summed E-state index contributed by atoms with van der Waals surface area (Å²) in [5.41, 5.74) is 3.58. The van der Waals surface area contributed by atoms with E-state index in [0.29, 0.717) is 0 Å². The summed E-state index contributed by atoms with van der Waals surface area (Å²) < 4.78 is 24.6. The largest absolute Gasteiger partial charge is 0.387 e. The molecule has 0 saturated carbocycles. The summed E-state index contributed by atoms with van der Waals surface area (Å²) in [6.07, 6.45) is 4.77. The van der Waals surface area contributed by atoms with Crippen molar-refractivity contribution in [3.05, 3.63) is 60.2 Å². The van der Waals surface area contributed by atoms with Gasteiger partial charge in [0.25, 0.3) is 0 Å². The maximum Gasteiger partial charge on any atom is 0.163 e. The van der Waals surface area contributed by atoms with Crippen LogP contribution in [0.2, 0.25) is 0 Å². The van der Waals surface area contributed by atoms with E-state index in [1.54, 1.807) is 12.4 Å². The number of H-pyrrole nitrogens is 2. The molecule has 2 aliphatic heterocycles. The number of fused-ring (bicyclic) bond motifs is 2. The van der Waals surface area contributed by atoms with E-state index in [4.69, 9.17) is 18.9 Å². The first-order chi connectivity index (χ1) is 16.7. The summed E-state index contributed by atoms with van der Waals surface area (Å²) in [5, 5.41) is 13.5. The fourth-order valence-electron chi connectivity index (χ4n) is 5.42. The maximum atomic E-state index is 11.5. The summed E-state index contributed by atoms with van der Waals surface area (Å²) >= 11 is 0. The van der Waals surface area contributed by atoms with Crippen molar-refractivity contribution >= 4 is 22.1 Å². The highest BCUT2D eigenvalue weighted by Crippen LogP contribution is 2.45. The van der Waals surface area contributed by atoms with E-state index in [2.05, 4.69) is 19.9 Å². The van der Waals surface area contributed by atoms with Crippen LogP contribution in [0.25, 0.3) is 22.1 Å². The first kappa shape index (κ1) is 22.6. The number of aliphatic hydroxyl groups excluding tert-OH is 1. The normalized spacial score (nSPS) is 26.7. The Balaban J connectivity index is 1.49. The lowest BCUT2D eigenvalue weighted by Gasteiger charge is -2.31. The molecule has 2 saturated heterocycles. The highest BCUT2D eigenvalue weighted by atomic mass is 16.8. The monoisotopic (exact) mass is 478 g/mol. The molecule has 2 fully saturated rings. The standard InChI is InChI=1S/C26H30N4O5/c1-25(2)32-13-18(33-25)20(31)22-21(34-26(3,4)35-22)19(16-11-29-23-14(16)7-5-9-27-23)17-12-30-24-15(17)8-6-10-28-24/h5-12,18-22,31H,13H2,1-4H3,(H,27,29)(H,28,30)/t18-,20-,21-,22+/m1/s1. The van der Waals surface area contributed by atoms with Gasteiger partial charge in [0, 0.05) is 41.5 Å². The molecule has 0 bridgehead atoms. The Morgan fingerprint density at radius 3 is 1.97 bits per heavy atom. The second-order valence-corrected chi connectivity index (χ2v) is 10.2. The van der Waals surface area contributed by atoms with Gasteiger partial charge < -0.3 is 34.0 Å². The van der Waals surface area contributed by atoms with Gasteiger partial charge in [-0.2, -0.15) is 0 Å². The highest BCUT2D eigenvalue weighted by molar-refractivity contribution is 5.85. The molecule has 0 unspecified atom stereocenters. The number of nitrogens with zero attached hydrogens (tertiary/aromatic N) is 2. The van der Waals surface area contributed by atoms with Crippen LogP contribution >= 0.6 is 0 Å². The number of ether oxygens (including phenoxy) is 4. The second-order valence-electron chi connectivity index (χ2n) is 10.2. The fourth-order valence-corrected chi connectivity index (χ4v) is 5.42. The Kier molecular flexibility index (Phi) is 5.24. The van der Waals surface area contributed by atoms with Crippen LogP contribution in [0.15, 0.2) is 49.1 Å². The second kappa shape index (κ2) is 8.11. The molecule has 6 rings (SSSR count). The van der Waals surface area contributed by atoms with Crippen LogP contribution in [0.3, 0.4) is 0 Å². The number of aromatic amines is 2. The molecule has 9 heteroatoms. The molecule has 184 valence electrons. The van der Waals surface area contributed by atoms with Gasteiger partial charge in [-0.3, -0.25) is 0 Å². The third-order valence-electron chi connectivity index (χ3n) is 6.88. The van der Waals surface area contributed by atoms with Crippen LogP contribution in [0.1, 0.15) is 44.7 Å². The van der Waals surface area contributed by atoms with Crippen LogP contribution < -0.4 is 0 Å². The van der Waals surface area contributed by atoms with Crippen LogP contribution in [-0.2, 0) is 18.9 Å². The van der Waals surface area contributed by atoms with Crippen molar-refractivity contribution in [1.29, 1.82) is 0 Å². The average Bonchev–Trinajstić information content (AvgIpc) is 3.59. The minimum Gasteiger partial charge on any atom is -0.387 e. The molecule has 9 nitrogen and oxygen atoms in total. The van der Waals surface area contributed by atoms with Gasteiger partial charge in [0.05, 0.1) is 6.61 Å². The van der Waals surface area contributed by atoms with Crippen molar-refractivity contribution in [1.82, 2.24) is 19.9 Å². The van der Waals surface area contributed by atoms with Gasteiger partial charge in [0.2, 0.25) is 0 Å². The molecule has 0 radical (unpaired) electrons. The average molecular weight is 479 g/mol. The summed E-state index contributed by atoms with van der Waals surface area (Å²) in [7, 11) is 0. The van der Waals surface area contributed by atoms with E-state index in [1.165, 1.54) is 0 Å². The van der Waals surface area contributed by atoms with Gasteiger partial charge in [0.1, 0.15) is 35.7 Å².